The van der Waals surface area contributed by atoms with E-state index in [-0.39, 0.29) is 5.91 Å². The summed E-state index contributed by atoms with van der Waals surface area (Å²) in [6, 6.07) is 16.6. The number of aryl methyl sites for hydroxylation is 1. The maximum Gasteiger partial charge on any atom is 0.279 e. The second-order valence-electron chi connectivity index (χ2n) is 6.62. The number of carbonyl (C=O) groups is 1. The summed E-state index contributed by atoms with van der Waals surface area (Å²) in [6.07, 6.45) is 0. The number of hydrogen-bond acceptors (Lipinski definition) is 1. The standard InChI is InChI=1S/C20H26N2O/c1-15(2)18-9-11-19(12-10-18)21-20(23)14-22(4)13-17-7-5-16(3)6-8-17/h5-12,15H,13-14H2,1-4H3,(H,21,23)/p+1. The van der Waals surface area contributed by atoms with Crippen molar-refractivity contribution in [1.82, 2.24) is 0 Å². The molecule has 0 saturated carbocycles. The van der Waals surface area contributed by atoms with Crippen molar-refractivity contribution in [1.29, 1.82) is 0 Å². The van der Waals surface area contributed by atoms with Crippen LogP contribution < -0.4 is 10.2 Å². The lowest BCUT2D eigenvalue weighted by atomic mass is 10.0. The lowest BCUT2D eigenvalue weighted by molar-refractivity contribution is -0.885. The molecule has 2 rings (SSSR count). The number of likely N-dealkylation sites (N-methyl/N-ethyl adjacent to an activating group) is 1. The average molecular weight is 311 g/mol. The highest BCUT2D eigenvalue weighted by Crippen LogP contribution is 2.16. The van der Waals surface area contributed by atoms with Gasteiger partial charge in [-0.3, -0.25) is 4.79 Å². The summed E-state index contributed by atoms with van der Waals surface area (Å²) in [6.45, 7) is 7.71. The fraction of sp³-hybridized carbons (Fsp3) is 0.350. The van der Waals surface area contributed by atoms with Gasteiger partial charge in [-0.25, -0.2) is 0 Å². The van der Waals surface area contributed by atoms with Crippen LogP contribution in [0.5, 0.6) is 0 Å². The Morgan fingerprint density at radius 2 is 1.65 bits per heavy atom. The Morgan fingerprint density at radius 1 is 1.04 bits per heavy atom. The predicted molar refractivity (Wildman–Crippen MR) is 95.8 cm³/mol. The minimum atomic E-state index is 0.0481. The van der Waals surface area contributed by atoms with Crippen LogP contribution >= 0.6 is 0 Å². The lowest BCUT2D eigenvalue weighted by Crippen LogP contribution is -3.08. The topological polar surface area (TPSA) is 33.5 Å². The van der Waals surface area contributed by atoms with Crippen LogP contribution in [0.4, 0.5) is 5.69 Å². The molecular weight excluding hydrogens is 284 g/mol. The van der Waals surface area contributed by atoms with Gasteiger partial charge in [0.05, 0.1) is 7.05 Å². The minimum Gasteiger partial charge on any atom is -0.326 e. The normalized spacial score (nSPS) is 12.2. The molecule has 122 valence electrons. The number of anilines is 1. The van der Waals surface area contributed by atoms with Crippen molar-refractivity contribution < 1.29 is 9.69 Å². The fourth-order valence-electron chi connectivity index (χ4n) is 2.55. The van der Waals surface area contributed by atoms with E-state index in [1.54, 1.807) is 0 Å². The van der Waals surface area contributed by atoms with E-state index < -0.39 is 0 Å². The first kappa shape index (κ1) is 17.2. The Balaban J connectivity index is 1.84. The molecule has 0 bridgehead atoms. The second kappa shape index (κ2) is 7.93. The molecule has 0 aromatic heterocycles. The largest absolute Gasteiger partial charge is 0.326 e. The van der Waals surface area contributed by atoms with Crippen molar-refractivity contribution in [2.75, 3.05) is 18.9 Å². The molecule has 0 spiro atoms. The molecule has 3 heteroatoms. The molecule has 0 fully saturated rings. The first-order valence-corrected chi connectivity index (χ1v) is 8.20. The number of carbonyl (C=O) groups excluding carboxylic acids is 1. The zero-order chi connectivity index (χ0) is 16.8. The number of benzene rings is 2. The Morgan fingerprint density at radius 3 is 2.22 bits per heavy atom. The van der Waals surface area contributed by atoms with Gasteiger partial charge in [0.25, 0.3) is 5.91 Å². The first-order valence-electron chi connectivity index (χ1n) is 8.20. The molecule has 2 N–H and O–H groups in total. The molecule has 2 aromatic carbocycles. The van der Waals surface area contributed by atoms with E-state index in [1.165, 1.54) is 21.6 Å². The molecule has 3 nitrogen and oxygen atoms in total. The van der Waals surface area contributed by atoms with Crippen molar-refractivity contribution in [3.8, 4) is 0 Å². The zero-order valence-corrected chi connectivity index (χ0v) is 14.5. The molecular formula is C20H27N2O+. The summed E-state index contributed by atoms with van der Waals surface area (Å²) in [5.41, 5.74) is 4.66. The van der Waals surface area contributed by atoms with Gasteiger partial charge in [0.2, 0.25) is 0 Å². The summed E-state index contributed by atoms with van der Waals surface area (Å²) in [5.74, 6) is 0.553. The number of rotatable bonds is 6. The second-order valence-corrected chi connectivity index (χ2v) is 6.62. The highest BCUT2D eigenvalue weighted by atomic mass is 16.2. The molecule has 0 heterocycles. The maximum absolute atomic E-state index is 12.2. The lowest BCUT2D eigenvalue weighted by Gasteiger charge is -2.14. The van der Waals surface area contributed by atoms with Crippen molar-refractivity contribution in [3.63, 3.8) is 0 Å². The van der Waals surface area contributed by atoms with E-state index in [0.29, 0.717) is 12.5 Å². The Bertz CT molecular complexity index is 630. The third-order valence-electron chi connectivity index (χ3n) is 3.95. The maximum atomic E-state index is 12.2. The van der Waals surface area contributed by atoms with Gasteiger partial charge in [-0.05, 0) is 30.5 Å². The smallest absolute Gasteiger partial charge is 0.279 e. The third-order valence-corrected chi connectivity index (χ3v) is 3.95. The molecule has 1 atom stereocenters. The van der Waals surface area contributed by atoms with Gasteiger partial charge in [0, 0.05) is 11.3 Å². The third kappa shape index (κ3) is 5.53. The molecule has 1 amide bonds. The Hall–Kier alpha value is -2.13. The summed E-state index contributed by atoms with van der Waals surface area (Å²) in [4.78, 5) is 13.3. The summed E-state index contributed by atoms with van der Waals surface area (Å²) in [5, 5.41) is 2.97. The molecule has 1 unspecified atom stereocenters. The van der Waals surface area contributed by atoms with E-state index >= 15 is 0 Å². The van der Waals surface area contributed by atoms with Crippen LogP contribution in [0.15, 0.2) is 48.5 Å². The van der Waals surface area contributed by atoms with Gasteiger partial charge in [-0.1, -0.05) is 55.8 Å². The van der Waals surface area contributed by atoms with Crippen LogP contribution in [0.1, 0.15) is 36.5 Å². The van der Waals surface area contributed by atoms with Gasteiger partial charge in [-0.2, -0.15) is 0 Å². The quantitative estimate of drug-likeness (QED) is 0.845. The van der Waals surface area contributed by atoms with E-state index in [0.717, 1.165) is 12.2 Å². The van der Waals surface area contributed by atoms with Crippen molar-refractivity contribution in [2.24, 2.45) is 0 Å². The van der Waals surface area contributed by atoms with Crippen LogP contribution in [-0.4, -0.2) is 19.5 Å². The molecule has 0 saturated heterocycles. The van der Waals surface area contributed by atoms with E-state index in [1.807, 2.05) is 19.2 Å². The van der Waals surface area contributed by atoms with Crippen LogP contribution in [0.2, 0.25) is 0 Å². The number of nitrogens with one attached hydrogen (secondary N) is 2. The summed E-state index contributed by atoms with van der Waals surface area (Å²) < 4.78 is 0. The molecule has 0 aliphatic carbocycles. The summed E-state index contributed by atoms with van der Waals surface area (Å²) in [7, 11) is 2.04. The highest BCUT2D eigenvalue weighted by Gasteiger charge is 2.11. The SMILES string of the molecule is Cc1ccc(C[NH+](C)CC(=O)Nc2ccc(C(C)C)cc2)cc1. The highest BCUT2D eigenvalue weighted by molar-refractivity contribution is 5.91. The van der Waals surface area contributed by atoms with Crippen LogP contribution in [0, 0.1) is 6.92 Å². The number of amides is 1. The van der Waals surface area contributed by atoms with E-state index in [9.17, 15) is 4.79 Å². The average Bonchev–Trinajstić information content (AvgIpc) is 2.50. The Kier molecular flexibility index (Phi) is 5.94. The predicted octanol–water partition coefficient (Wildman–Crippen LogP) is 2.77. The minimum absolute atomic E-state index is 0.0481. The van der Waals surface area contributed by atoms with Gasteiger partial charge >= 0.3 is 0 Å². The van der Waals surface area contributed by atoms with Crippen molar-refractivity contribution in [2.45, 2.75) is 33.2 Å². The van der Waals surface area contributed by atoms with Gasteiger partial charge < -0.3 is 10.2 Å². The van der Waals surface area contributed by atoms with Crippen LogP contribution in [-0.2, 0) is 11.3 Å². The zero-order valence-electron chi connectivity index (χ0n) is 14.5. The van der Waals surface area contributed by atoms with Crippen LogP contribution in [0.25, 0.3) is 0 Å². The molecule has 23 heavy (non-hydrogen) atoms. The Labute approximate surface area is 139 Å². The molecule has 0 aliphatic rings. The fourth-order valence-corrected chi connectivity index (χ4v) is 2.55. The molecule has 0 radical (unpaired) electrons. The first-order chi connectivity index (χ1) is 10.9. The summed E-state index contributed by atoms with van der Waals surface area (Å²) >= 11 is 0. The number of hydrogen-bond donors (Lipinski definition) is 2. The van der Waals surface area contributed by atoms with Gasteiger partial charge in [0.15, 0.2) is 6.54 Å². The van der Waals surface area contributed by atoms with Crippen LogP contribution in [0.3, 0.4) is 0 Å². The monoisotopic (exact) mass is 311 g/mol. The van der Waals surface area contributed by atoms with Gasteiger partial charge in [-0.15, -0.1) is 0 Å². The van der Waals surface area contributed by atoms with E-state index in [4.69, 9.17) is 0 Å². The molecule has 0 aliphatic heterocycles. The van der Waals surface area contributed by atoms with E-state index in [2.05, 4.69) is 62.5 Å². The van der Waals surface area contributed by atoms with Crippen molar-refractivity contribution in [3.05, 3.63) is 65.2 Å². The number of quaternary nitrogens is 1. The van der Waals surface area contributed by atoms with Crippen molar-refractivity contribution >= 4 is 11.6 Å². The van der Waals surface area contributed by atoms with Gasteiger partial charge in [0.1, 0.15) is 6.54 Å². The molecule has 2 aromatic rings.